The fraction of sp³-hybridized carbons (Fsp3) is 0.846. The van der Waals surface area contributed by atoms with Crippen molar-refractivity contribution in [2.45, 2.75) is 57.7 Å². The van der Waals surface area contributed by atoms with Crippen LogP contribution in [0.4, 0.5) is 4.79 Å². The molecule has 0 aromatic rings. The van der Waals surface area contributed by atoms with Gasteiger partial charge in [0.05, 0.1) is 12.5 Å². The first kappa shape index (κ1) is 15.8. The molecule has 0 radical (unpaired) electrons. The fourth-order valence-corrected chi connectivity index (χ4v) is 2.56. The van der Waals surface area contributed by atoms with E-state index in [-0.39, 0.29) is 30.6 Å². The Balaban J connectivity index is 2.48. The van der Waals surface area contributed by atoms with Crippen molar-refractivity contribution in [3.05, 3.63) is 0 Å². The molecule has 0 aliphatic heterocycles. The minimum Gasteiger partial charge on any atom is -0.481 e. The van der Waals surface area contributed by atoms with Gasteiger partial charge in [0.2, 0.25) is 0 Å². The molecule has 0 aromatic heterocycles. The number of aliphatic carboxylic acids is 1. The lowest BCUT2D eigenvalue weighted by molar-refractivity contribution is -0.138. The number of hydrogen-bond acceptors (Lipinski definition) is 3. The second-order valence-corrected chi connectivity index (χ2v) is 5.05. The molecule has 2 amide bonds. The maximum atomic E-state index is 12.1. The van der Waals surface area contributed by atoms with Crippen LogP contribution in [-0.4, -0.2) is 53.8 Å². The highest BCUT2D eigenvalue weighted by atomic mass is 16.5. The van der Waals surface area contributed by atoms with Gasteiger partial charge in [-0.1, -0.05) is 0 Å². The number of hydrogen-bond donors (Lipinski definition) is 2. The van der Waals surface area contributed by atoms with Gasteiger partial charge in [-0.25, -0.2) is 4.79 Å². The molecular weight excluding hydrogens is 248 g/mol. The van der Waals surface area contributed by atoms with Crippen molar-refractivity contribution in [1.82, 2.24) is 10.2 Å². The van der Waals surface area contributed by atoms with Crippen LogP contribution in [0, 0.1) is 0 Å². The molecule has 1 fully saturated rings. The van der Waals surface area contributed by atoms with Crippen molar-refractivity contribution in [3.63, 3.8) is 0 Å². The van der Waals surface area contributed by atoms with Gasteiger partial charge in [0.15, 0.2) is 0 Å². The van der Waals surface area contributed by atoms with Crippen LogP contribution in [0.15, 0.2) is 0 Å². The van der Waals surface area contributed by atoms with Crippen LogP contribution in [0.3, 0.4) is 0 Å². The first-order valence-electron chi connectivity index (χ1n) is 6.79. The number of carboxylic acid groups (broad SMARTS) is 1. The molecule has 110 valence electrons. The number of methoxy groups -OCH3 is 1. The molecule has 6 nitrogen and oxygen atoms in total. The summed E-state index contributed by atoms with van der Waals surface area (Å²) in [6.07, 6.45) is 2.88. The highest BCUT2D eigenvalue weighted by molar-refractivity contribution is 5.76. The average molecular weight is 272 g/mol. The number of carbonyl (C=O) groups excluding carboxylic acids is 1. The van der Waals surface area contributed by atoms with Crippen molar-refractivity contribution in [2.75, 3.05) is 13.7 Å². The number of ether oxygens (including phenoxy) is 1. The third-order valence-corrected chi connectivity index (χ3v) is 3.65. The standard InChI is InChI=1S/C13H24N2O4/c1-4-15(9(2)7-12(16)17)13(18)14-10-5-6-11(8-10)19-3/h9-11H,4-8H2,1-3H3,(H,14,18)(H,16,17). The van der Waals surface area contributed by atoms with E-state index < -0.39 is 5.97 Å². The van der Waals surface area contributed by atoms with E-state index in [1.54, 1.807) is 18.9 Å². The third kappa shape index (κ3) is 4.70. The van der Waals surface area contributed by atoms with Gasteiger partial charge in [-0.15, -0.1) is 0 Å². The minimum absolute atomic E-state index is 0.0351. The highest BCUT2D eigenvalue weighted by Gasteiger charge is 2.28. The van der Waals surface area contributed by atoms with E-state index in [2.05, 4.69) is 5.32 Å². The second-order valence-electron chi connectivity index (χ2n) is 5.05. The van der Waals surface area contributed by atoms with Gasteiger partial charge < -0.3 is 20.1 Å². The fourth-order valence-electron chi connectivity index (χ4n) is 2.56. The Morgan fingerprint density at radius 2 is 2.16 bits per heavy atom. The topological polar surface area (TPSA) is 78.9 Å². The summed E-state index contributed by atoms with van der Waals surface area (Å²) in [6.45, 7) is 4.11. The zero-order valence-electron chi connectivity index (χ0n) is 11.9. The smallest absolute Gasteiger partial charge is 0.317 e. The number of rotatable bonds is 6. The molecule has 6 heteroatoms. The number of amides is 2. The zero-order valence-corrected chi connectivity index (χ0v) is 11.9. The van der Waals surface area contributed by atoms with E-state index >= 15 is 0 Å². The van der Waals surface area contributed by atoms with Gasteiger partial charge in [0.25, 0.3) is 0 Å². The van der Waals surface area contributed by atoms with Gasteiger partial charge in [-0.2, -0.15) is 0 Å². The maximum absolute atomic E-state index is 12.1. The molecule has 19 heavy (non-hydrogen) atoms. The summed E-state index contributed by atoms with van der Waals surface area (Å²) in [6, 6.07) is -0.358. The number of carboxylic acids is 1. The molecule has 1 saturated carbocycles. The lowest BCUT2D eigenvalue weighted by Crippen LogP contribution is -2.48. The molecule has 1 rings (SSSR count). The van der Waals surface area contributed by atoms with Crippen LogP contribution < -0.4 is 5.32 Å². The van der Waals surface area contributed by atoms with Crippen molar-refractivity contribution in [2.24, 2.45) is 0 Å². The Labute approximate surface area is 114 Å². The van der Waals surface area contributed by atoms with E-state index in [9.17, 15) is 9.59 Å². The maximum Gasteiger partial charge on any atom is 0.317 e. The monoisotopic (exact) mass is 272 g/mol. The molecule has 0 spiro atoms. The quantitative estimate of drug-likeness (QED) is 0.767. The van der Waals surface area contributed by atoms with Crippen LogP contribution in [-0.2, 0) is 9.53 Å². The van der Waals surface area contributed by atoms with E-state index in [1.807, 2.05) is 6.92 Å². The summed E-state index contributed by atoms with van der Waals surface area (Å²) in [5.74, 6) is -0.890. The summed E-state index contributed by atoms with van der Waals surface area (Å²) >= 11 is 0. The van der Waals surface area contributed by atoms with Crippen LogP contribution >= 0.6 is 0 Å². The highest BCUT2D eigenvalue weighted by Crippen LogP contribution is 2.21. The van der Waals surface area contributed by atoms with E-state index in [0.29, 0.717) is 6.54 Å². The van der Waals surface area contributed by atoms with Crippen molar-refractivity contribution >= 4 is 12.0 Å². The molecule has 0 bridgehead atoms. The molecule has 3 atom stereocenters. The Morgan fingerprint density at radius 3 is 2.63 bits per heavy atom. The predicted octanol–water partition coefficient (Wildman–Crippen LogP) is 1.45. The first-order chi connectivity index (χ1) is 8.97. The van der Waals surface area contributed by atoms with E-state index in [4.69, 9.17) is 9.84 Å². The van der Waals surface area contributed by atoms with E-state index in [0.717, 1.165) is 19.3 Å². The first-order valence-corrected chi connectivity index (χ1v) is 6.79. The van der Waals surface area contributed by atoms with Crippen molar-refractivity contribution in [1.29, 1.82) is 0 Å². The SMILES string of the molecule is CCN(C(=O)NC1CCC(OC)C1)C(C)CC(=O)O. The van der Waals surface area contributed by atoms with Crippen LogP contribution in [0.1, 0.15) is 39.5 Å². The number of urea groups is 1. The summed E-state index contributed by atoms with van der Waals surface area (Å²) in [4.78, 5) is 24.4. The van der Waals surface area contributed by atoms with Crippen LogP contribution in [0.2, 0.25) is 0 Å². The minimum atomic E-state index is -0.890. The molecule has 0 aromatic carbocycles. The third-order valence-electron chi connectivity index (χ3n) is 3.65. The van der Waals surface area contributed by atoms with Gasteiger partial charge >= 0.3 is 12.0 Å². The molecular formula is C13H24N2O4. The Hall–Kier alpha value is -1.30. The number of nitrogens with one attached hydrogen (secondary N) is 1. The summed E-state index contributed by atoms with van der Waals surface area (Å²) < 4.78 is 5.27. The van der Waals surface area contributed by atoms with Crippen molar-refractivity contribution in [3.8, 4) is 0 Å². The molecule has 0 saturated heterocycles. The summed E-state index contributed by atoms with van der Waals surface area (Å²) in [5, 5.41) is 11.7. The lowest BCUT2D eigenvalue weighted by atomic mass is 10.2. The Kier molecular flexibility index (Phi) is 6.08. The Bertz CT molecular complexity index is 322. The summed E-state index contributed by atoms with van der Waals surface area (Å²) in [5.41, 5.74) is 0. The van der Waals surface area contributed by atoms with Gasteiger partial charge in [-0.05, 0) is 33.1 Å². The molecule has 2 N–H and O–H groups in total. The molecule has 3 unspecified atom stereocenters. The molecule has 0 heterocycles. The lowest BCUT2D eigenvalue weighted by Gasteiger charge is -2.28. The molecule has 1 aliphatic rings. The van der Waals surface area contributed by atoms with Gasteiger partial charge in [0, 0.05) is 25.7 Å². The van der Waals surface area contributed by atoms with Gasteiger partial charge in [0.1, 0.15) is 0 Å². The van der Waals surface area contributed by atoms with Crippen LogP contribution in [0.25, 0.3) is 0 Å². The number of carbonyl (C=O) groups is 2. The normalized spacial score (nSPS) is 23.9. The predicted molar refractivity (Wildman–Crippen MR) is 71.1 cm³/mol. The largest absolute Gasteiger partial charge is 0.481 e. The average Bonchev–Trinajstić information content (AvgIpc) is 2.76. The van der Waals surface area contributed by atoms with Gasteiger partial charge in [-0.3, -0.25) is 4.79 Å². The number of nitrogens with zero attached hydrogens (tertiary/aromatic N) is 1. The zero-order chi connectivity index (χ0) is 14.4. The molecule has 1 aliphatic carbocycles. The Morgan fingerprint density at radius 1 is 1.47 bits per heavy atom. The second kappa shape index (κ2) is 7.33. The van der Waals surface area contributed by atoms with Crippen LogP contribution in [0.5, 0.6) is 0 Å². The summed E-state index contributed by atoms with van der Waals surface area (Å²) in [7, 11) is 1.68. The van der Waals surface area contributed by atoms with Crippen molar-refractivity contribution < 1.29 is 19.4 Å². The van der Waals surface area contributed by atoms with E-state index in [1.165, 1.54) is 0 Å².